The third kappa shape index (κ3) is 1.60. The van der Waals surface area contributed by atoms with Crippen LogP contribution in [-0.2, 0) is 17.8 Å². The highest BCUT2D eigenvalue weighted by Crippen LogP contribution is 2.28. The van der Waals surface area contributed by atoms with Gasteiger partial charge in [-0.15, -0.1) is 0 Å². The SMILES string of the molecule is Nc1nn(C2CCNCC2)c2c1CCOC2. The minimum absolute atomic E-state index is 0.494. The van der Waals surface area contributed by atoms with Gasteiger partial charge < -0.3 is 15.8 Å². The molecular formula is C11H18N4O. The second kappa shape index (κ2) is 4.07. The second-order valence-corrected chi connectivity index (χ2v) is 4.54. The summed E-state index contributed by atoms with van der Waals surface area (Å²) in [6, 6.07) is 0.494. The number of hydrogen-bond donors (Lipinski definition) is 2. The quantitative estimate of drug-likeness (QED) is 0.724. The molecule has 0 unspecified atom stereocenters. The highest BCUT2D eigenvalue weighted by Gasteiger charge is 2.25. The lowest BCUT2D eigenvalue weighted by Gasteiger charge is -2.25. The van der Waals surface area contributed by atoms with Crippen LogP contribution >= 0.6 is 0 Å². The topological polar surface area (TPSA) is 65.1 Å². The maximum absolute atomic E-state index is 5.97. The minimum Gasteiger partial charge on any atom is -0.382 e. The second-order valence-electron chi connectivity index (χ2n) is 4.54. The molecule has 0 aromatic carbocycles. The molecule has 3 heterocycles. The molecule has 3 rings (SSSR count). The molecule has 1 aromatic rings. The molecule has 2 aliphatic heterocycles. The number of nitrogens with zero attached hydrogens (tertiary/aromatic N) is 2. The molecule has 3 N–H and O–H groups in total. The third-order valence-electron chi connectivity index (χ3n) is 3.54. The number of piperidine rings is 1. The van der Waals surface area contributed by atoms with Crippen molar-refractivity contribution in [1.82, 2.24) is 15.1 Å². The summed E-state index contributed by atoms with van der Waals surface area (Å²) < 4.78 is 7.62. The van der Waals surface area contributed by atoms with E-state index < -0.39 is 0 Å². The fraction of sp³-hybridized carbons (Fsp3) is 0.727. The summed E-state index contributed by atoms with van der Waals surface area (Å²) in [7, 11) is 0. The van der Waals surface area contributed by atoms with Crippen molar-refractivity contribution in [2.45, 2.75) is 31.9 Å². The van der Waals surface area contributed by atoms with Gasteiger partial charge in [-0.05, 0) is 25.9 Å². The van der Waals surface area contributed by atoms with Gasteiger partial charge in [0, 0.05) is 12.0 Å². The predicted octanol–water partition coefficient (Wildman–Crippen LogP) is 0.462. The van der Waals surface area contributed by atoms with Crippen molar-refractivity contribution < 1.29 is 4.74 Å². The smallest absolute Gasteiger partial charge is 0.149 e. The van der Waals surface area contributed by atoms with Gasteiger partial charge in [-0.2, -0.15) is 5.10 Å². The first kappa shape index (κ1) is 10.1. The number of ether oxygens (including phenoxy) is 1. The maximum atomic E-state index is 5.97. The number of anilines is 1. The van der Waals surface area contributed by atoms with Crippen molar-refractivity contribution in [2.75, 3.05) is 25.4 Å². The van der Waals surface area contributed by atoms with Crippen LogP contribution in [0.5, 0.6) is 0 Å². The Labute approximate surface area is 94.9 Å². The normalized spacial score (nSPS) is 22.0. The van der Waals surface area contributed by atoms with Gasteiger partial charge >= 0.3 is 0 Å². The summed E-state index contributed by atoms with van der Waals surface area (Å²) in [4.78, 5) is 0. The van der Waals surface area contributed by atoms with Gasteiger partial charge in [-0.25, -0.2) is 0 Å². The molecule has 0 amide bonds. The van der Waals surface area contributed by atoms with Gasteiger partial charge in [0.15, 0.2) is 0 Å². The van der Waals surface area contributed by atoms with Crippen LogP contribution in [0.1, 0.15) is 30.1 Å². The molecule has 0 bridgehead atoms. The van der Waals surface area contributed by atoms with Crippen molar-refractivity contribution >= 4 is 5.82 Å². The average molecular weight is 222 g/mol. The summed E-state index contributed by atoms with van der Waals surface area (Å²) in [6.45, 7) is 3.58. The van der Waals surface area contributed by atoms with Gasteiger partial charge in [0.1, 0.15) is 5.82 Å². The molecule has 16 heavy (non-hydrogen) atoms. The van der Waals surface area contributed by atoms with E-state index in [4.69, 9.17) is 10.5 Å². The minimum atomic E-state index is 0.494. The van der Waals surface area contributed by atoms with Gasteiger partial charge in [0.25, 0.3) is 0 Å². The van der Waals surface area contributed by atoms with Crippen LogP contribution in [0.25, 0.3) is 0 Å². The van der Waals surface area contributed by atoms with Crippen LogP contribution in [-0.4, -0.2) is 29.5 Å². The Kier molecular flexibility index (Phi) is 2.57. The first-order valence-electron chi connectivity index (χ1n) is 6.00. The first-order chi connectivity index (χ1) is 7.86. The van der Waals surface area contributed by atoms with E-state index in [0.29, 0.717) is 18.5 Å². The van der Waals surface area contributed by atoms with E-state index in [1.165, 1.54) is 11.3 Å². The van der Waals surface area contributed by atoms with Crippen molar-refractivity contribution in [3.05, 3.63) is 11.3 Å². The molecule has 0 atom stereocenters. The molecule has 5 nitrogen and oxygen atoms in total. The Morgan fingerprint density at radius 2 is 2.19 bits per heavy atom. The van der Waals surface area contributed by atoms with Crippen molar-refractivity contribution in [3.8, 4) is 0 Å². The van der Waals surface area contributed by atoms with E-state index in [1.807, 2.05) is 0 Å². The number of aromatic nitrogens is 2. The number of rotatable bonds is 1. The predicted molar refractivity (Wildman–Crippen MR) is 61.1 cm³/mol. The molecule has 5 heteroatoms. The van der Waals surface area contributed by atoms with E-state index in [0.717, 1.165) is 39.0 Å². The van der Waals surface area contributed by atoms with Crippen molar-refractivity contribution in [1.29, 1.82) is 0 Å². The zero-order valence-corrected chi connectivity index (χ0v) is 9.41. The Morgan fingerprint density at radius 1 is 1.38 bits per heavy atom. The third-order valence-corrected chi connectivity index (χ3v) is 3.54. The summed E-state index contributed by atoms with van der Waals surface area (Å²) in [5, 5.41) is 7.87. The molecule has 88 valence electrons. The Hall–Kier alpha value is -1.07. The maximum Gasteiger partial charge on any atom is 0.149 e. The van der Waals surface area contributed by atoms with E-state index >= 15 is 0 Å². The molecule has 0 spiro atoms. The fourth-order valence-electron chi connectivity index (χ4n) is 2.64. The monoisotopic (exact) mass is 222 g/mol. The number of nitrogens with one attached hydrogen (secondary N) is 1. The molecule has 1 aromatic heterocycles. The average Bonchev–Trinajstić information content (AvgIpc) is 2.69. The number of nitrogen functional groups attached to an aromatic ring is 1. The zero-order valence-electron chi connectivity index (χ0n) is 9.41. The summed E-state index contributed by atoms with van der Waals surface area (Å²) in [5.41, 5.74) is 8.38. The molecule has 0 radical (unpaired) electrons. The van der Waals surface area contributed by atoms with Crippen molar-refractivity contribution in [3.63, 3.8) is 0 Å². The highest BCUT2D eigenvalue weighted by molar-refractivity contribution is 5.43. The van der Waals surface area contributed by atoms with E-state index in [9.17, 15) is 0 Å². The molecular weight excluding hydrogens is 204 g/mol. The van der Waals surface area contributed by atoms with Crippen LogP contribution in [0.4, 0.5) is 5.82 Å². The Bertz CT molecular complexity index is 382. The number of fused-ring (bicyclic) bond motifs is 1. The van der Waals surface area contributed by atoms with Crippen LogP contribution in [0, 0.1) is 0 Å². The first-order valence-corrected chi connectivity index (χ1v) is 6.00. The standard InChI is InChI=1S/C11H18N4O/c12-11-9-3-6-16-7-10(9)15(14-11)8-1-4-13-5-2-8/h8,13H,1-7H2,(H2,12,14). The van der Waals surface area contributed by atoms with Gasteiger partial charge in [-0.3, -0.25) is 4.68 Å². The molecule has 2 aliphatic rings. The zero-order chi connectivity index (χ0) is 11.0. The van der Waals surface area contributed by atoms with E-state index in [-0.39, 0.29) is 0 Å². The largest absolute Gasteiger partial charge is 0.382 e. The Balaban J connectivity index is 1.93. The highest BCUT2D eigenvalue weighted by atomic mass is 16.5. The Morgan fingerprint density at radius 3 is 3.00 bits per heavy atom. The summed E-state index contributed by atoms with van der Waals surface area (Å²) >= 11 is 0. The molecule has 0 saturated carbocycles. The van der Waals surface area contributed by atoms with Crippen molar-refractivity contribution in [2.24, 2.45) is 0 Å². The lowest BCUT2D eigenvalue weighted by molar-refractivity contribution is 0.102. The van der Waals surface area contributed by atoms with Crippen LogP contribution < -0.4 is 11.1 Å². The summed E-state index contributed by atoms with van der Waals surface area (Å²) in [5.74, 6) is 0.705. The van der Waals surface area contributed by atoms with E-state index in [2.05, 4.69) is 15.1 Å². The molecule has 0 aliphatic carbocycles. The van der Waals surface area contributed by atoms with Crippen LogP contribution in [0.3, 0.4) is 0 Å². The van der Waals surface area contributed by atoms with Crippen LogP contribution in [0.15, 0.2) is 0 Å². The van der Waals surface area contributed by atoms with Gasteiger partial charge in [0.2, 0.25) is 0 Å². The van der Waals surface area contributed by atoms with E-state index in [1.54, 1.807) is 0 Å². The fourth-order valence-corrected chi connectivity index (χ4v) is 2.64. The van der Waals surface area contributed by atoms with Gasteiger partial charge in [0.05, 0.1) is 24.9 Å². The molecule has 1 fully saturated rings. The number of hydrogen-bond acceptors (Lipinski definition) is 4. The number of nitrogens with two attached hydrogens (primary N) is 1. The summed E-state index contributed by atoms with van der Waals surface area (Å²) in [6.07, 6.45) is 3.17. The lowest BCUT2D eigenvalue weighted by atomic mass is 10.1. The van der Waals surface area contributed by atoms with Gasteiger partial charge in [-0.1, -0.05) is 0 Å². The molecule has 1 saturated heterocycles. The lowest BCUT2D eigenvalue weighted by Crippen LogP contribution is -2.31. The van der Waals surface area contributed by atoms with Crippen LogP contribution in [0.2, 0.25) is 0 Å².